The second-order valence-electron chi connectivity index (χ2n) is 7.05. The van der Waals surface area contributed by atoms with Crippen LogP contribution in [0.25, 0.3) is 0 Å². The van der Waals surface area contributed by atoms with Crippen LogP contribution in [0.15, 0.2) is 24.3 Å². The third-order valence-electron chi connectivity index (χ3n) is 4.55. The molecule has 1 saturated heterocycles. The molecule has 0 bridgehead atoms. The van der Waals surface area contributed by atoms with Gasteiger partial charge in [0, 0.05) is 51.3 Å². The summed E-state index contributed by atoms with van der Waals surface area (Å²) >= 11 is 0. The number of aliphatic carboxylic acids is 1. The van der Waals surface area contributed by atoms with E-state index in [2.05, 4.69) is 5.32 Å². The highest BCUT2D eigenvalue weighted by Crippen LogP contribution is 2.29. The molecule has 33 heavy (non-hydrogen) atoms. The Morgan fingerprint density at radius 2 is 1.52 bits per heavy atom. The summed E-state index contributed by atoms with van der Waals surface area (Å²) in [6.07, 6.45) is -8.60. The Bertz CT molecular complexity index is 790. The van der Waals surface area contributed by atoms with Crippen LogP contribution in [-0.4, -0.2) is 78.1 Å². The molecule has 7 nitrogen and oxygen atoms in total. The van der Waals surface area contributed by atoms with E-state index in [-0.39, 0.29) is 30.3 Å². The smallest absolute Gasteiger partial charge is 0.475 e. The molecular weight excluding hydrogens is 460 g/mol. The van der Waals surface area contributed by atoms with Gasteiger partial charge in [0.2, 0.25) is 5.91 Å². The minimum absolute atomic E-state index is 0.00665. The average molecular weight is 485 g/mol. The van der Waals surface area contributed by atoms with Gasteiger partial charge in [-0.25, -0.2) is 4.79 Å². The van der Waals surface area contributed by atoms with Crippen molar-refractivity contribution in [1.82, 2.24) is 15.1 Å². The number of piperazine rings is 1. The number of hydrogen-bond donors (Lipinski definition) is 2. The number of hydrogen-bond acceptors (Lipinski definition) is 4. The lowest BCUT2D eigenvalue weighted by molar-refractivity contribution is -0.192. The van der Waals surface area contributed by atoms with E-state index >= 15 is 0 Å². The average Bonchev–Trinajstić information content (AvgIpc) is 2.76. The monoisotopic (exact) mass is 485 g/mol. The summed E-state index contributed by atoms with van der Waals surface area (Å²) in [4.78, 5) is 37.0. The van der Waals surface area contributed by atoms with Crippen molar-refractivity contribution in [3.05, 3.63) is 35.4 Å². The Hall–Kier alpha value is -2.83. The summed E-state index contributed by atoms with van der Waals surface area (Å²) in [5.41, 5.74) is -0.592. The van der Waals surface area contributed by atoms with Crippen molar-refractivity contribution in [3.8, 4) is 0 Å². The first kappa shape index (κ1) is 28.2. The van der Waals surface area contributed by atoms with Gasteiger partial charge in [-0.2, -0.15) is 26.3 Å². The molecule has 186 valence electrons. The summed E-state index contributed by atoms with van der Waals surface area (Å²) in [5.74, 6) is -3.12. The molecule has 1 fully saturated rings. The summed E-state index contributed by atoms with van der Waals surface area (Å²) in [6, 6.07) is 4.18. The number of carboxylic acid groups (broad SMARTS) is 1. The van der Waals surface area contributed by atoms with Crippen LogP contribution in [0.2, 0.25) is 0 Å². The van der Waals surface area contributed by atoms with Crippen LogP contribution in [0.1, 0.15) is 35.7 Å². The SMILES string of the molecule is CCCN(CCC(=O)N1CCNCC1)C(=O)c1ccc(C(F)(F)F)cc1.O=C(O)C(F)(F)F. The predicted octanol–water partition coefficient (Wildman–Crippen LogP) is 3.01. The number of carbonyl (C=O) groups excluding carboxylic acids is 2. The highest BCUT2D eigenvalue weighted by atomic mass is 19.4. The second-order valence-corrected chi connectivity index (χ2v) is 7.05. The molecule has 1 heterocycles. The fourth-order valence-electron chi connectivity index (χ4n) is 2.87. The number of rotatable bonds is 6. The molecule has 0 spiro atoms. The Morgan fingerprint density at radius 1 is 1.00 bits per heavy atom. The van der Waals surface area contributed by atoms with Gasteiger partial charge >= 0.3 is 18.3 Å². The molecule has 0 saturated carbocycles. The van der Waals surface area contributed by atoms with Gasteiger partial charge in [0.05, 0.1) is 5.56 Å². The summed E-state index contributed by atoms with van der Waals surface area (Å²) in [7, 11) is 0. The zero-order valence-corrected chi connectivity index (χ0v) is 17.8. The van der Waals surface area contributed by atoms with Crippen LogP contribution >= 0.6 is 0 Å². The van der Waals surface area contributed by atoms with Gasteiger partial charge in [0.25, 0.3) is 5.91 Å². The number of carbonyl (C=O) groups is 3. The van der Waals surface area contributed by atoms with E-state index in [0.717, 1.165) is 25.2 Å². The Kier molecular flexibility index (Phi) is 10.6. The van der Waals surface area contributed by atoms with Crippen LogP contribution < -0.4 is 5.32 Å². The normalized spacial score (nSPS) is 14.2. The number of halogens is 6. The maximum absolute atomic E-state index is 12.6. The van der Waals surface area contributed by atoms with Crippen molar-refractivity contribution in [2.45, 2.75) is 32.1 Å². The Labute approximate surface area is 186 Å². The van der Waals surface area contributed by atoms with Crippen molar-refractivity contribution in [1.29, 1.82) is 0 Å². The van der Waals surface area contributed by atoms with Gasteiger partial charge in [0.15, 0.2) is 0 Å². The molecule has 0 aliphatic carbocycles. The zero-order valence-electron chi connectivity index (χ0n) is 17.8. The van der Waals surface area contributed by atoms with Gasteiger partial charge in [-0.15, -0.1) is 0 Å². The standard InChI is InChI=1S/C18H24F3N3O2.C2HF3O2/c1-2-10-24(11-7-16(25)23-12-8-22-9-13-23)17(26)14-3-5-15(6-4-14)18(19,20)21;3-2(4,5)1(6)7/h3-6,22H,2,7-13H2,1H3;(H,6,7). The highest BCUT2D eigenvalue weighted by molar-refractivity contribution is 5.94. The first-order valence-electron chi connectivity index (χ1n) is 10.0. The molecule has 0 atom stereocenters. The number of carboxylic acids is 1. The van der Waals surface area contributed by atoms with Gasteiger partial charge in [-0.05, 0) is 30.7 Å². The molecule has 2 amide bonds. The van der Waals surface area contributed by atoms with Crippen LogP contribution in [0.3, 0.4) is 0 Å². The molecule has 13 heteroatoms. The molecule has 2 rings (SSSR count). The molecule has 1 aliphatic rings. The molecule has 2 N–H and O–H groups in total. The van der Waals surface area contributed by atoms with E-state index in [1.54, 1.807) is 4.90 Å². The minimum atomic E-state index is -5.08. The van der Waals surface area contributed by atoms with Crippen molar-refractivity contribution in [3.63, 3.8) is 0 Å². The largest absolute Gasteiger partial charge is 0.490 e. The predicted molar refractivity (Wildman–Crippen MR) is 105 cm³/mol. The molecule has 1 aliphatic heterocycles. The van der Waals surface area contributed by atoms with Gasteiger partial charge in [0.1, 0.15) is 0 Å². The third-order valence-corrected chi connectivity index (χ3v) is 4.55. The number of alkyl halides is 6. The van der Waals surface area contributed by atoms with Gasteiger partial charge < -0.3 is 20.2 Å². The molecule has 0 aromatic heterocycles. The van der Waals surface area contributed by atoms with Crippen molar-refractivity contribution < 1.29 is 45.8 Å². The fourth-order valence-corrected chi connectivity index (χ4v) is 2.87. The molecule has 1 aromatic rings. The maximum atomic E-state index is 12.6. The molecule has 1 aromatic carbocycles. The first-order chi connectivity index (χ1) is 15.3. The van der Waals surface area contributed by atoms with Crippen molar-refractivity contribution in [2.75, 3.05) is 39.3 Å². The van der Waals surface area contributed by atoms with E-state index in [1.165, 1.54) is 17.0 Å². The first-order valence-corrected chi connectivity index (χ1v) is 10.0. The van der Waals surface area contributed by atoms with Crippen molar-refractivity contribution in [2.24, 2.45) is 0 Å². The van der Waals surface area contributed by atoms with E-state index in [1.807, 2.05) is 6.92 Å². The molecule has 0 radical (unpaired) electrons. The number of nitrogens with one attached hydrogen (secondary N) is 1. The lowest BCUT2D eigenvalue weighted by atomic mass is 10.1. The third kappa shape index (κ3) is 9.68. The van der Waals surface area contributed by atoms with Crippen LogP contribution in [0.5, 0.6) is 0 Å². The Morgan fingerprint density at radius 3 is 1.94 bits per heavy atom. The van der Waals surface area contributed by atoms with E-state index < -0.39 is 23.9 Å². The summed E-state index contributed by atoms with van der Waals surface area (Å²) in [6.45, 7) is 5.44. The lowest BCUT2D eigenvalue weighted by Crippen LogP contribution is -2.47. The van der Waals surface area contributed by atoms with Gasteiger partial charge in [-0.3, -0.25) is 9.59 Å². The minimum Gasteiger partial charge on any atom is -0.475 e. The molecule has 0 unspecified atom stereocenters. The topological polar surface area (TPSA) is 90.0 Å². The van der Waals surface area contributed by atoms with E-state index in [4.69, 9.17) is 9.90 Å². The summed E-state index contributed by atoms with van der Waals surface area (Å²) in [5, 5.41) is 10.3. The quantitative estimate of drug-likeness (QED) is 0.605. The Balaban J connectivity index is 0.000000675. The number of benzene rings is 1. The van der Waals surface area contributed by atoms with Crippen LogP contribution in [0, 0.1) is 0 Å². The lowest BCUT2D eigenvalue weighted by Gasteiger charge is -2.29. The van der Waals surface area contributed by atoms with Crippen LogP contribution in [-0.2, 0) is 15.8 Å². The zero-order chi connectivity index (χ0) is 25.2. The number of amides is 2. The van der Waals surface area contributed by atoms with E-state index in [0.29, 0.717) is 26.1 Å². The molecular formula is C20H25F6N3O4. The van der Waals surface area contributed by atoms with E-state index in [9.17, 15) is 35.9 Å². The summed E-state index contributed by atoms with van der Waals surface area (Å²) < 4.78 is 69.7. The van der Waals surface area contributed by atoms with Crippen molar-refractivity contribution >= 4 is 17.8 Å². The second kappa shape index (κ2) is 12.4. The fraction of sp³-hybridized carbons (Fsp3) is 0.550. The number of nitrogens with zero attached hydrogens (tertiary/aromatic N) is 2. The van der Waals surface area contributed by atoms with Gasteiger partial charge in [-0.1, -0.05) is 6.92 Å². The van der Waals surface area contributed by atoms with Crippen LogP contribution in [0.4, 0.5) is 26.3 Å². The highest BCUT2D eigenvalue weighted by Gasteiger charge is 2.38. The maximum Gasteiger partial charge on any atom is 0.490 e.